The number of rotatable bonds is 6. The van der Waals surface area contributed by atoms with Gasteiger partial charge in [0.05, 0.1) is 5.69 Å². The topological polar surface area (TPSA) is 51.4 Å². The Morgan fingerprint density at radius 2 is 2.12 bits per heavy atom. The van der Waals surface area contributed by atoms with Crippen molar-refractivity contribution in [3.63, 3.8) is 0 Å². The highest BCUT2D eigenvalue weighted by Crippen LogP contribution is 2.18. The molecule has 0 saturated carbocycles. The molecule has 1 rings (SSSR count). The van der Waals surface area contributed by atoms with E-state index in [1.54, 1.807) is 0 Å². The largest absolute Gasteiger partial charge is 0.490 e. The van der Waals surface area contributed by atoms with E-state index in [0.717, 1.165) is 30.1 Å². The fourth-order valence-electron chi connectivity index (χ4n) is 1.52. The first-order chi connectivity index (χ1) is 7.99. The summed E-state index contributed by atoms with van der Waals surface area (Å²) in [4.78, 5) is 6.58. The SMILES string of the molecule is Cc1ccc(OCCN(C)C)c(CC(C)N)n1. The quantitative estimate of drug-likeness (QED) is 0.808. The summed E-state index contributed by atoms with van der Waals surface area (Å²) in [7, 11) is 4.05. The van der Waals surface area contributed by atoms with E-state index >= 15 is 0 Å². The van der Waals surface area contributed by atoms with Crippen molar-refractivity contribution >= 4 is 0 Å². The van der Waals surface area contributed by atoms with Gasteiger partial charge in [0.1, 0.15) is 12.4 Å². The van der Waals surface area contributed by atoms with Crippen LogP contribution in [0.5, 0.6) is 5.75 Å². The Hall–Kier alpha value is -1.13. The van der Waals surface area contributed by atoms with E-state index in [4.69, 9.17) is 10.5 Å². The Kier molecular flexibility index (Phi) is 5.38. The van der Waals surface area contributed by atoms with Gasteiger partial charge in [-0.25, -0.2) is 0 Å². The number of aryl methyl sites for hydroxylation is 1. The second-order valence-electron chi connectivity index (χ2n) is 4.73. The molecule has 1 heterocycles. The molecule has 0 aromatic carbocycles. The van der Waals surface area contributed by atoms with Crippen LogP contribution >= 0.6 is 0 Å². The van der Waals surface area contributed by atoms with Crippen LogP contribution < -0.4 is 10.5 Å². The molecule has 0 spiro atoms. The zero-order valence-corrected chi connectivity index (χ0v) is 11.2. The zero-order chi connectivity index (χ0) is 12.8. The van der Waals surface area contributed by atoms with Crippen molar-refractivity contribution in [2.24, 2.45) is 5.73 Å². The van der Waals surface area contributed by atoms with Gasteiger partial charge >= 0.3 is 0 Å². The third kappa shape index (κ3) is 5.15. The highest BCUT2D eigenvalue weighted by atomic mass is 16.5. The first kappa shape index (κ1) is 13.9. The van der Waals surface area contributed by atoms with E-state index in [9.17, 15) is 0 Å². The van der Waals surface area contributed by atoms with Crippen molar-refractivity contribution < 1.29 is 4.74 Å². The standard InChI is InChI=1S/C13H23N3O/c1-10(14)9-12-13(6-5-11(2)15-12)17-8-7-16(3)4/h5-6,10H,7-9,14H2,1-4H3. The number of ether oxygens (including phenoxy) is 1. The maximum Gasteiger partial charge on any atom is 0.140 e. The van der Waals surface area contributed by atoms with Gasteiger partial charge in [-0.15, -0.1) is 0 Å². The molecule has 96 valence electrons. The number of hydrogen-bond donors (Lipinski definition) is 1. The lowest BCUT2D eigenvalue weighted by Crippen LogP contribution is -2.22. The van der Waals surface area contributed by atoms with Crippen LogP contribution in [0, 0.1) is 6.92 Å². The van der Waals surface area contributed by atoms with Gasteiger partial charge in [-0.05, 0) is 40.1 Å². The van der Waals surface area contributed by atoms with Crippen LogP contribution in [0.1, 0.15) is 18.3 Å². The first-order valence-electron chi connectivity index (χ1n) is 5.98. The Morgan fingerprint density at radius 1 is 1.41 bits per heavy atom. The predicted molar refractivity (Wildman–Crippen MR) is 70.4 cm³/mol. The molecule has 0 aliphatic carbocycles. The minimum atomic E-state index is 0.0977. The van der Waals surface area contributed by atoms with E-state index < -0.39 is 0 Å². The van der Waals surface area contributed by atoms with Gasteiger partial charge in [0.25, 0.3) is 0 Å². The van der Waals surface area contributed by atoms with Gasteiger partial charge < -0.3 is 15.4 Å². The summed E-state index contributed by atoms with van der Waals surface area (Å²) in [5.74, 6) is 0.856. The van der Waals surface area contributed by atoms with Gasteiger partial charge in [0.2, 0.25) is 0 Å². The summed E-state index contributed by atoms with van der Waals surface area (Å²) in [5.41, 5.74) is 7.77. The van der Waals surface area contributed by atoms with Crippen LogP contribution in [0.3, 0.4) is 0 Å². The molecular formula is C13H23N3O. The van der Waals surface area contributed by atoms with Crippen molar-refractivity contribution in [3.05, 3.63) is 23.5 Å². The summed E-state index contributed by atoms with van der Waals surface area (Å²) in [6, 6.07) is 4.05. The fraction of sp³-hybridized carbons (Fsp3) is 0.615. The molecule has 0 aliphatic heterocycles. The van der Waals surface area contributed by atoms with Crippen LogP contribution in [0.25, 0.3) is 0 Å². The van der Waals surface area contributed by atoms with Crippen LogP contribution in [-0.4, -0.2) is 43.2 Å². The number of pyridine rings is 1. The third-order valence-corrected chi connectivity index (χ3v) is 2.38. The molecule has 1 atom stereocenters. The fourth-order valence-corrected chi connectivity index (χ4v) is 1.52. The molecule has 0 fully saturated rings. The number of nitrogens with zero attached hydrogens (tertiary/aromatic N) is 2. The Labute approximate surface area is 104 Å². The minimum absolute atomic E-state index is 0.0977. The van der Waals surface area contributed by atoms with E-state index in [1.165, 1.54) is 0 Å². The third-order valence-electron chi connectivity index (χ3n) is 2.38. The molecule has 0 amide bonds. The number of hydrogen-bond acceptors (Lipinski definition) is 4. The Balaban J connectivity index is 2.68. The molecule has 0 aliphatic rings. The molecule has 0 bridgehead atoms. The normalized spacial score (nSPS) is 12.8. The maximum atomic E-state index is 5.82. The molecule has 0 radical (unpaired) electrons. The summed E-state index contributed by atoms with van der Waals surface area (Å²) < 4.78 is 5.74. The molecule has 4 heteroatoms. The van der Waals surface area contributed by atoms with E-state index in [2.05, 4.69) is 9.88 Å². The van der Waals surface area contributed by atoms with Gasteiger partial charge in [0.15, 0.2) is 0 Å². The van der Waals surface area contributed by atoms with Gasteiger partial charge in [-0.1, -0.05) is 0 Å². The van der Waals surface area contributed by atoms with Crippen molar-refractivity contribution in [3.8, 4) is 5.75 Å². The second kappa shape index (κ2) is 6.57. The maximum absolute atomic E-state index is 5.82. The van der Waals surface area contributed by atoms with Gasteiger partial charge in [-0.3, -0.25) is 4.98 Å². The number of likely N-dealkylation sites (N-methyl/N-ethyl adjacent to an activating group) is 1. The first-order valence-corrected chi connectivity index (χ1v) is 5.98. The lowest BCUT2D eigenvalue weighted by Gasteiger charge is -2.15. The van der Waals surface area contributed by atoms with Crippen LogP contribution in [0.2, 0.25) is 0 Å². The predicted octanol–water partition coefficient (Wildman–Crippen LogP) is 1.22. The highest BCUT2D eigenvalue weighted by Gasteiger charge is 2.08. The van der Waals surface area contributed by atoms with Crippen molar-refractivity contribution in [1.29, 1.82) is 0 Å². The number of aromatic nitrogens is 1. The monoisotopic (exact) mass is 237 g/mol. The minimum Gasteiger partial charge on any atom is -0.490 e. The molecule has 1 aromatic rings. The van der Waals surface area contributed by atoms with E-state index in [-0.39, 0.29) is 6.04 Å². The summed E-state index contributed by atoms with van der Waals surface area (Å²) in [6.45, 7) is 5.52. The Bertz CT molecular complexity index is 351. The van der Waals surface area contributed by atoms with Crippen molar-refractivity contribution in [1.82, 2.24) is 9.88 Å². The summed E-state index contributed by atoms with van der Waals surface area (Å²) in [6.07, 6.45) is 0.749. The second-order valence-corrected chi connectivity index (χ2v) is 4.73. The van der Waals surface area contributed by atoms with E-state index in [1.807, 2.05) is 40.1 Å². The molecule has 0 saturated heterocycles. The highest BCUT2D eigenvalue weighted by molar-refractivity contribution is 5.29. The lowest BCUT2D eigenvalue weighted by atomic mass is 10.1. The van der Waals surface area contributed by atoms with Crippen molar-refractivity contribution in [2.75, 3.05) is 27.2 Å². The molecule has 17 heavy (non-hydrogen) atoms. The van der Waals surface area contributed by atoms with Crippen molar-refractivity contribution in [2.45, 2.75) is 26.3 Å². The summed E-state index contributed by atoms with van der Waals surface area (Å²) >= 11 is 0. The summed E-state index contributed by atoms with van der Waals surface area (Å²) in [5, 5.41) is 0. The number of nitrogens with two attached hydrogens (primary N) is 1. The van der Waals surface area contributed by atoms with Crippen LogP contribution in [-0.2, 0) is 6.42 Å². The Morgan fingerprint density at radius 3 is 2.71 bits per heavy atom. The zero-order valence-electron chi connectivity index (χ0n) is 11.2. The molecule has 4 nitrogen and oxygen atoms in total. The molecule has 2 N–H and O–H groups in total. The molecular weight excluding hydrogens is 214 g/mol. The lowest BCUT2D eigenvalue weighted by molar-refractivity contribution is 0.258. The molecule has 1 aromatic heterocycles. The molecule has 1 unspecified atom stereocenters. The average Bonchev–Trinajstić information content (AvgIpc) is 2.20. The van der Waals surface area contributed by atoms with Crippen LogP contribution in [0.4, 0.5) is 0 Å². The average molecular weight is 237 g/mol. The van der Waals surface area contributed by atoms with Gasteiger partial charge in [0, 0.05) is 24.7 Å². The van der Waals surface area contributed by atoms with Gasteiger partial charge in [-0.2, -0.15) is 0 Å². The van der Waals surface area contributed by atoms with Crippen LogP contribution in [0.15, 0.2) is 12.1 Å². The smallest absolute Gasteiger partial charge is 0.140 e. The van der Waals surface area contributed by atoms with E-state index in [0.29, 0.717) is 6.61 Å².